The van der Waals surface area contributed by atoms with E-state index in [-0.39, 0.29) is 18.0 Å². The van der Waals surface area contributed by atoms with Crippen LogP contribution < -0.4 is 5.32 Å². The number of pyridine rings is 1. The van der Waals surface area contributed by atoms with Gasteiger partial charge in [0.05, 0.1) is 0 Å². The number of nitrogens with one attached hydrogen (secondary N) is 1. The average molecular weight is 311 g/mol. The van der Waals surface area contributed by atoms with Crippen molar-refractivity contribution in [3.63, 3.8) is 0 Å². The topological polar surface area (TPSA) is 45.2 Å². The molecule has 1 aromatic heterocycles. The molecule has 0 aliphatic rings. The Kier molecular flexibility index (Phi) is 5.88. The second-order valence-corrected chi connectivity index (χ2v) is 6.14. The highest BCUT2D eigenvalue weighted by atomic mass is 16.2. The standard InChI is InChI=1S/C19H25N3O/c1-14(13-19(23)22(3)4)21-15(2)16-5-7-17(8-6-16)18-9-11-20-12-10-18/h5-12,14-15,21H,13H2,1-4H3/t14-,15+/m0/s1. The number of nitrogens with zero attached hydrogens (tertiary/aromatic N) is 2. The predicted molar refractivity (Wildman–Crippen MR) is 94.0 cm³/mol. The normalized spacial score (nSPS) is 13.4. The minimum Gasteiger partial charge on any atom is -0.349 e. The smallest absolute Gasteiger partial charge is 0.223 e. The summed E-state index contributed by atoms with van der Waals surface area (Å²) in [5, 5.41) is 3.48. The van der Waals surface area contributed by atoms with E-state index in [1.165, 1.54) is 11.1 Å². The minimum atomic E-state index is 0.139. The van der Waals surface area contributed by atoms with E-state index >= 15 is 0 Å². The van der Waals surface area contributed by atoms with Gasteiger partial charge in [-0.15, -0.1) is 0 Å². The molecule has 4 nitrogen and oxygen atoms in total. The van der Waals surface area contributed by atoms with Gasteiger partial charge in [-0.3, -0.25) is 9.78 Å². The van der Waals surface area contributed by atoms with E-state index in [9.17, 15) is 4.79 Å². The van der Waals surface area contributed by atoms with Crippen LogP contribution in [-0.4, -0.2) is 35.9 Å². The molecular formula is C19H25N3O. The van der Waals surface area contributed by atoms with Gasteiger partial charge < -0.3 is 10.2 Å². The van der Waals surface area contributed by atoms with Crippen molar-refractivity contribution in [3.05, 3.63) is 54.4 Å². The van der Waals surface area contributed by atoms with Gasteiger partial charge in [0, 0.05) is 45.0 Å². The number of hydrogen-bond donors (Lipinski definition) is 1. The molecule has 0 aliphatic carbocycles. The molecule has 23 heavy (non-hydrogen) atoms. The maximum Gasteiger partial charge on any atom is 0.223 e. The summed E-state index contributed by atoms with van der Waals surface area (Å²) in [6, 6.07) is 12.9. The van der Waals surface area contributed by atoms with Crippen molar-refractivity contribution in [2.24, 2.45) is 0 Å². The van der Waals surface area contributed by atoms with Gasteiger partial charge in [-0.05, 0) is 42.7 Å². The van der Waals surface area contributed by atoms with Crippen LogP contribution in [0.4, 0.5) is 0 Å². The van der Waals surface area contributed by atoms with Gasteiger partial charge in [0.25, 0.3) is 0 Å². The lowest BCUT2D eigenvalue weighted by Gasteiger charge is -2.21. The fraction of sp³-hybridized carbons (Fsp3) is 0.368. The second kappa shape index (κ2) is 7.88. The van der Waals surface area contributed by atoms with Gasteiger partial charge in [0.1, 0.15) is 0 Å². The molecule has 4 heteroatoms. The summed E-state index contributed by atoms with van der Waals surface area (Å²) in [5.74, 6) is 0.144. The molecule has 0 fully saturated rings. The van der Waals surface area contributed by atoms with Crippen LogP contribution in [-0.2, 0) is 4.79 Å². The van der Waals surface area contributed by atoms with Gasteiger partial charge >= 0.3 is 0 Å². The molecule has 0 saturated carbocycles. The van der Waals surface area contributed by atoms with Gasteiger partial charge in [-0.2, -0.15) is 0 Å². The van der Waals surface area contributed by atoms with Gasteiger partial charge in [-0.25, -0.2) is 0 Å². The van der Waals surface area contributed by atoms with E-state index in [1.807, 2.05) is 19.1 Å². The maximum atomic E-state index is 11.8. The molecule has 2 rings (SSSR count). The van der Waals surface area contributed by atoms with E-state index in [0.29, 0.717) is 6.42 Å². The van der Waals surface area contributed by atoms with Crippen LogP contribution in [0.25, 0.3) is 11.1 Å². The Bertz CT molecular complexity index is 623. The third-order valence-corrected chi connectivity index (χ3v) is 3.94. The van der Waals surface area contributed by atoms with Crippen LogP contribution >= 0.6 is 0 Å². The monoisotopic (exact) mass is 311 g/mol. The summed E-state index contributed by atoms with van der Waals surface area (Å²) in [7, 11) is 3.58. The van der Waals surface area contributed by atoms with E-state index in [0.717, 1.165) is 5.56 Å². The molecule has 1 amide bonds. The molecule has 0 saturated heterocycles. The summed E-state index contributed by atoms with van der Waals surface area (Å²) in [6.45, 7) is 4.17. The summed E-state index contributed by atoms with van der Waals surface area (Å²) < 4.78 is 0. The molecule has 0 bridgehead atoms. The van der Waals surface area contributed by atoms with Crippen molar-refractivity contribution in [2.75, 3.05) is 14.1 Å². The molecule has 2 aromatic rings. The number of benzene rings is 1. The Labute approximate surface area is 138 Å². The van der Waals surface area contributed by atoms with Crippen LogP contribution in [0.1, 0.15) is 31.9 Å². The second-order valence-electron chi connectivity index (χ2n) is 6.14. The zero-order valence-electron chi connectivity index (χ0n) is 14.3. The first-order chi connectivity index (χ1) is 11.0. The summed E-state index contributed by atoms with van der Waals surface area (Å²) in [4.78, 5) is 17.4. The summed E-state index contributed by atoms with van der Waals surface area (Å²) in [5.41, 5.74) is 3.56. The number of hydrogen-bond acceptors (Lipinski definition) is 3. The zero-order chi connectivity index (χ0) is 16.8. The summed E-state index contributed by atoms with van der Waals surface area (Å²) >= 11 is 0. The first-order valence-electron chi connectivity index (χ1n) is 7.94. The van der Waals surface area contributed by atoms with Crippen molar-refractivity contribution in [2.45, 2.75) is 32.4 Å². The summed E-state index contributed by atoms with van der Waals surface area (Å²) in [6.07, 6.45) is 4.11. The molecule has 2 atom stereocenters. The highest BCUT2D eigenvalue weighted by Crippen LogP contribution is 2.21. The quantitative estimate of drug-likeness (QED) is 0.890. The average Bonchev–Trinajstić information content (AvgIpc) is 2.55. The molecule has 1 aromatic carbocycles. The molecule has 0 spiro atoms. The molecule has 1 heterocycles. The Balaban J connectivity index is 1.97. The Morgan fingerprint density at radius 2 is 1.61 bits per heavy atom. The number of aromatic nitrogens is 1. The van der Waals surface area contributed by atoms with Crippen molar-refractivity contribution in [1.29, 1.82) is 0 Å². The molecule has 0 unspecified atom stereocenters. The number of rotatable bonds is 6. The van der Waals surface area contributed by atoms with Crippen molar-refractivity contribution in [1.82, 2.24) is 15.2 Å². The van der Waals surface area contributed by atoms with Gasteiger partial charge in [0.15, 0.2) is 0 Å². The zero-order valence-corrected chi connectivity index (χ0v) is 14.3. The molecule has 122 valence electrons. The molecule has 0 aliphatic heterocycles. The lowest BCUT2D eigenvalue weighted by molar-refractivity contribution is -0.129. The van der Waals surface area contributed by atoms with Crippen molar-refractivity contribution in [3.8, 4) is 11.1 Å². The Hall–Kier alpha value is -2.20. The van der Waals surface area contributed by atoms with E-state index < -0.39 is 0 Å². The van der Waals surface area contributed by atoms with Gasteiger partial charge in [-0.1, -0.05) is 24.3 Å². The van der Waals surface area contributed by atoms with E-state index in [2.05, 4.69) is 41.5 Å². The van der Waals surface area contributed by atoms with Gasteiger partial charge in [0.2, 0.25) is 5.91 Å². The Morgan fingerprint density at radius 1 is 1.04 bits per heavy atom. The van der Waals surface area contributed by atoms with E-state index in [4.69, 9.17) is 0 Å². The minimum absolute atomic E-state index is 0.139. The number of amides is 1. The first-order valence-corrected chi connectivity index (χ1v) is 7.94. The third-order valence-electron chi connectivity index (χ3n) is 3.94. The lowest BCUT2D eigenvalue weighted by Crippen LogP contribution is -2.34. The highest BCUT2D eigenvalue weighted by molar-refractivity contribution is 5.76. The molecule has 0 radical (unpaired) electrons. The largest absolute Gasteiger partial charge is 0.349 e. The SMILES string of the molecule is C[C@@H](CC(=O)N(C)C)N[C@H](C)c1ccc(-c2ccncc2)cc1. The van der Waals surface area contributed by atoms with Crippen molar-refractivity contribution < 1.29 is 4.79 Å². The Morgan fingerprint density at radius 3 is 2.17 bits per heavy atom. The van der Waals surface area contributed by atoms with Crippen LogP contribution in [0.5, 0.6) is 0 Å². The van der Waals surface area contributed by atoms with Crippen LogP contribution in [0.3, 0.4) is 0 Å². The number of carbonyl (C=O) groups is 1. The van der Waals surface area contributed by atoms with E-state index in [1.54, 1.807) is 31.4 Å². The van der Waals surface area contributed by atoms with Crippen LogP contribution in [0.2, 0.25) is 0 Å². The first kappa shape index (κ1) is 17.2. The fourth-order valence-corrected chi connectivity index (χ4v) is 2.54. The molecule has 1 N–H and O–H groups in total. The lowest BCUT2D eigenvalue weighted by atomic mass is 10.0. The molecular weight excluding hydrogens is 286 g/mol. The predicted octanol–water partition coefficient (Wildman–Crippen LogP) is 3.27. The van der Waals surface area contributed by atoms with Crippen LogP contribution in [0, 0.1) is 0 Å². The van der Waals surface area contributed by atoms with Crippen molar-refractivity contribution >= 4 is 5.91 Å². The maximum absolute atomic E-state index is 11.8. The number of carbonyl (C=O) groups excluding carboxylic acids is 1. The van der Waals surface area contributed by atoms with Crippen LogP contribution in [0.15, 0.2) is 48.8 Å². The highest BCUT2D eigenvalue weighted by Gasteiger charge is 2.14. The third kappa shape index (κ3) is 4.89. The fourth-order valence-electron chi connectivity index (χ4n) is 2.54.